The second kappa shape index (κ2) is 6.19. The molecule has 2 rings (SSSR count). The standard InChI is InChI=1S/C10H10Cl3NO5S2/c11-7-5-8(12)10(6-9(7)20(13,15)16)21(17,18)14-1-3-19-4-2-14/h5-6H,1-4H2. The van der Waals surface area contributed by atoms with Crippen molar-refractivity contribution in [2.24, 2.45) is 0 Å². The van der Waals surface area contributed by atoms with Gasteiger partial charge in [0, 0.05) is 23.8 Å². The van der Waals surface area contributed by atoms with E-state index in [0.29, 0.717) is 0 Å². The van der Waals surface area contributed by atoms with E-state index in [-0.39, 0.29) is 41.2 Å². The topological polar surface area (TPSA) is 80.8 Å². The summed E-state index contributed by atoms with van der Waals surface area (Å²) >= 11 is 11.6. The Morgan fingerprint density at radius 3 is 2.00 bits per heavy atom. The molecule has 0 aliphatic carbocycles. The molecule has 11 heteroatoms. The highest BCUT2D eigenvalue weighted by atomic mass is 35.7. The maximum Gasteiger partial charge on any atom is 0.262 e. The molecule has 0 radical (unpaired) electrons. The van der Waals surface area contributed by atoms with Crippen molar-refractivity contribution in [1.82, 2.24) is 4.31 Å². The lowest BCUT2D eigenvalue weighted by Gasteiger charge is -2.26. The molecule has 118 valence electrons. The molecule has 6 nitrogen and oxygen atoms in total. The van der Waals surface area contributed by atoms with Crippen LogP contribution in [-0.4, -0.2) is 47.4 Å². The molecule has 0 N–H and O–H groups in total. The number of hydrogen-bond acceptors (Lipinski definition) is 5. The Bertz CT molecular complexity index is 757. The third-order valence-electron chi connectivity index (χ3n) is 2.84. The summed E-state index contributed by atoms with van der Waals surface area (Å²) in [6.45, 7) is 0.824. The van der Waals surface area contributed by atoms with Gasteiger partial charge in [-0.25, -0.2) is 16.8 Å². The average molecular weight is 395 g/mol. The van der Waals surface area contributed by atoms with Gasteiger partial charge in [0.1, 0.15) is 9.79 Å². The molecule has 0 amide bonds. The number of hydrogen-bond donors (Lipinski definition) is 0. The van der Waals surface area contributed by atoms with Crippen LogP contribution in [0.25, 0.3) is 0 Å². The first-order chi connectivity index (χ1) is 9.64. The third-order valence-corrected chi connectivity index (χ3v) is 6.99. The van der Waals surface area contributed by atoms with Gasteiger partial charge in [-0.15, -0.1) is 0 Å². The van der Waals surface area contributed by atoms with Crippen molar-refractivity contribution < 1.29 is 21.6 Å². The molecule has 1 aromatic rings. The number of ether oxygens (including phenoxy) is 1. The normalized spacial score (nSPS) is 17.9. The smallest absolute Gasteiger partial charge is 0.262 e. The van der Waals surface area contributed by atoms with Gasteiger partial charge in [0.2, 0.25) is 10.0 Å². The van der Waals surface area contributed by atoms with Crippen LogP contribution in [-0.2, 0) is 23.8 Å². The van der Waals surface area contributed by atoms with E-state index in [0.717, 1.165) is 16.4 Å². The first-order valence-corrected chi connectivity index (χ1v) is 10.2. The fourth-order valence-electron chi connectivity index (χ4n) is 1.82. The van der Waals surface area contributed by atoms with Crippen LogP contribution in [0.3, 0.4) is 0 Å². The van der Waals surface area contributed by atoms with Gasteiger partial charge in [0.15, 0.2) is 0 Å². The van der Waals surface area contributed by atoms with Crippen molar-refractivity contribution >= 4 is 53.0 Å². The molecule has 1 aliphatic heterocycles. The van der Waals surface area contributed by atoms with Crippen LogP contribution in [0.4, 0.5) is 0 Å². The van der Waals surface area contributed by atoms with E-state index in [9.17, 15) is 16.8 Å². The van der Waals surface area contributed by atoms with Gasteiger partial charge in [0.05, 0.1) is 23.3 Å². The highest BCUT2D eigenvalue weighted by Gasteiger charge is 2.30. The minimum atomic E-state index is -4.19. The number of nitrogens with zero attached hydrogens (tertiary/aromatic N) is 1. The first kappa shape index (κ1) is 17.3. The largest absolute Gasteiger partial charge is 0.379 e. The molecule has 0 aromatic heterocycles. The molecule has 1 aromatic carbocycles. The van der Waals surface area contributed by atoms with Crippen LogP contribution >= 0.6 is 33.9 Å². The van der Waals surface area contributed by atoms with Crippen molar-refractivity contribution in [3.8, 4) is 0 Å². The Morgan fingerprint density at radius 1 is 0.952 bits per heavy atom. The van der Waals surface area contributed by atoms with Gasteiger partial charge < -0.3 is 4.74 Å². The molecule has 1 fully saturated rings. The van der Waals surface area contributed by atoms with Crippen LogP contribution in [0, 0.1) is 0 Å². The van der Waals surface area contributed by atoms with Crippen LogP contribution in [0.1, 0.15) is 0 Å². The highest BCUT2D eigenvalue weighted by Crippen LogP contribution is 2.34. The second-order valence-electron chi connectivity index (χ2n) is 4.17. The minimum absolute atomic E-state index is 0.157. The second-order valence-corrected chi connectivity index (χ2v) is 9.42. The van der Waals surface area contributed by atoms with E-state index >= 15 is 0 Å². The summed E-state index contributed by atoms with van der Waals surface area (Å²) in [5, 5.41) is -0.411. The van der Waals surface area contributed by atoms with Crippen LogP contribution < -0.4 is 0 Å². The van der Waals surface area contributed by atoms with E-state index in [1.807, 2.05) is 0 Å². The van der Waals surface area contributed by atoms with E-state index in [1.54, 1.807) is 0 Å². The van der Waals surface area contributed by atoms with Crippen molar-refractivity contribution in [2.45, 2.75) is 9.79 Å². The van der Waals surface area contributed by atoms with E-state index < -0.39 is 24.0 Å². The summed E-state index contributed by atoms with van der Waals surface area (Å²) in [7, 11) is -2.90. The summed E-state index contributed by atoms with van der Waals surface area (Å²) in [6.07, 6.45) is 0. The zero-order valence-electron chi connectivity index (χ0n) is 10.4. The van der Waals surface area contributed by atoms with Crippen LogP contribution in [0.5, 0.6) is 0 Å². The average Bonchev–Trinajstić information content (AvgIpc) is 2.37. The van der Waals surface area contributed by atoms with Gasteiger partial charge in [-0.2, -0.15) is 4.31 Å². The molecule has 0 spiro atoms. The quantitative estimate of drug-likeness (QED) is 0.732. The Morgan fingerprint density at radius 2 is 1.48 bits per heavy atom. The highest BCUT2D eigenvalue weighted by molar-refractivity contribution is 8.13. The summed E-state index contributed by atoms with van der Waals surface area (Å²) in [5.41, 5.74) is 0. The molecule has 0 bridgehead atoms. The fourth-order valence-corrected chi connectivity index (χ4v) is 5.41. The lowest BCUT2D eigenvalue weighted by molar-refractivity contribution is 0.0730. The van der Waals surface area contributed by atoms with E-state index in [4.69, 9.17) is 38.6 Å². The summed E-state index contributed by atoms with van der Waals surface area (Å²) in [4.78, 5) is -0.850. The number of sulfonamides is 1. The molecular weight excluding hydrogens is 385 g/mol. The van der Waals surface area contributed by atoms with Crippen molar-refractivity contribution in [1.29, 1.82) is 0 Å². The molecule has 1 aliphatic rings. The fraction of sp³-hybridized carbons (Fsp3) is 0.400. The van der Waals surface area contributed by atoms with Crippen molar-refractivity contribution in [3.63, 3.8) is 0 Å². The summed E-state index contributed by atoms with van der Waals surface area (Å²) in [6, 6.07) is 1.92. The van der Waals surface area contributed by atoms with E-state index in [2.05, 4.69) is 0 Å². The molecule has 1 saturated heterocycles. The lowest BCUT2D eigenvalue weighted by Crippen LogP contribution is -2.40. The number of rotatable bonds is 3. The number of halogens is 3. The molecule has 0 unspecified atom stereocenters. The van der Waals surface area contributed by atoms with Crippen molar-refractivity contribution in [2.75, 3.05) is 26.3 Å². The molecular formula is C10H10Cl3NO5S2. The van der Waals surface area contributed by atoms with Gasteiger partial charge in [0.25, 0.3) is 9.05 Å². The maximum atomic E-state index is 12.5. The Kier molecular flexibility index (Phi) is 5.09. The van der Waals surface area contributed by atoms with Gasteiger partial charge in [-0.05, 0) is 12.1 Å². The summed E-state index contributed by atoms with van der Waals surface area (Å²) < 4.78 is 54.1. The Labute approximate surface area is 137 Å². The van der Waals surface area contributed by atoms with Crippen LogP contribution in [0.15, 0.2) is 21.9 Å². The monoisotopic (exact) mass is 393 g/mol. The lowest BCUT2D eigenvalue weighted by atomic mass is 10.3. The van der Waals surface area contributed by atoms with E-state index in [1.165, 1.54) is 0 Å². The SMILES string of the molecule is O=S(=O)(Cl)c1cc(S(=O)(=O)N2CCOCC2)c(Cl)cc1Cl. The zero-order chi connectivity index (χ0) is 15.8. The van der Waals surface area contributed by atoms with Crippen molar-refractivity contribution in [3.05, 3.63) is 22.2 Å². The molecule has 0 atom stereocenters. The Hall–Kier alpha value is -0.0900. The minimum Gasteiger partial charge on any atom is -0.379 e. The predicted molar refractivity (Wildman–Crippen MR) is 79.1 cm³/mol. The van der Waals surface area contributed by atoms with Gasteiger partial charge in [-0.3, -0.25) is 0 Å². The predicted octanol–water partition coefficient (Wildman–Crippen LogP) is 1.94. The van der Waals surface area contributed by atoms with Gasteiger partial charge >= 0.3 is 0 Å². The molecule has 1 heterocycles. The Balaban J connectivity index is 2.58. The number of benzene rings is 1. The number of morpholine rings is 1. The molecule has 21 heavy (non-hydrogen) atoms. The van der Waals surface area contributed by atoms with Crippen LogP contribution in [0.2, 0.25) is 10.0 Å². The van der Waals surface area contributed by atoms with Gasteiger partial charge in [-0.1, -0.05) is 23.2 Å². The molecule has 0 saturated carbocycles. The first-order valence-electron chi connectivity index (χ1n) is 5.65. The summed E-state index contributed by atoms with van der Waals surface area (Å²) in [5.74, 6) is 0. The maximum absolute atomic E-state index is 12.5. The zero-order valence-corrected chi connectivity index (χ0v) is 14.3. The third kappa shape index (κ3) is 3.64.